The van der Waals surface area contributed by atoms with Crippen LogP contribution in [0.3, 0.4) is 0 Å². The highest BCUT2D eigenvalue weighted by Gasteiger charge is 2.02. The van der Waals surface area contributed by atoms with Gasteiger partial charge in [-0.15, -0.1) is 0 Å². The van der Waals surface area contributed by atoms with Crippen LogP contribution in [0, 0.1) is 0 Å². The first-order valence-corrected chi connectivity index (χ1v) is 5.37. The minimum Gasteiger partial charge on any atom is -0.496 e. The first-order chi connectivity index (χ1) is 6.27. The Morgan fingerprint density at radius 2 is 2.31 bits per heavy atom. The molecule has 13 heavy (non-hydrogen) atoms. The van der Waals surface area contributed by atoms with Crippen LogP contribution in [0.25, 0.3) is 0 Å². The predicted molar refractivity (Wildman–Crippen MR) is 58.6 cm³/mol. The molecular weight excluding hydrogens is 253 g/mol. The Hall–Kier alpha value is -0.250. The molecule has 0 atom stereocenters. The van der Waals surface area contributed by atoms with Crippen molar-refractivity contribution in [2.24, 2.45) is 0 Å². The van der Waals surface area contributed by atoms with Crippen molar-refractivity contribution in [3.05, 3.63) is 28.8 Å². The maximum absolute atomic E-state index is 5.86. The second kappa shape index (κ2) is 5.47. The molecule has 0 saturated heterocycles. The molecule has 0 aromatic heterocycles. The van der Waals surface area contributed by atoms with E-state index in [-0.39, 0.29) is 0 Å². The van der Waals surface area contributed by atoms with Gasteiger partial charge in [0.2, 0.25) is 0 Å². The number of ether oxygens (including phenoxy) is 1. The maximum atomic E-state index is 5.86. The lowest BCUT2D eigenvalue weighted by atomic mass is 10.2. The fraction of sp³-hybridized carbons (Fsp3) is 0.333. The highest BCUT2D eigenvalue weighted by atomic mass is 79.9. The molecule has 0 bridgehead atoms. The normalized spacial score (nSPS) is 10.1. The highest BCUT2D eigenvalue weighted by molar-refractivity contribution is 9.09. The molecule has 0 aliphatic carbocycles. The highest BCUT2D eigenvalue weighted by Crippen LogP contribution is 2.22. The molecule has 1 N–H and O–H groups in total. The van der Waals surface area contributed by atoms with Crippen LogP contribution in [-0.2, 0) is 6.54 Å². The van der Waals surface area contributed by atoms with E-state index in [0.717, 1.165) is 28.3 Å². The molecule has 0 heterocycles. The SMILES string of the molecule is COc1ccc(Cl)cc1CNCBr. The molecule has 0 radical (unpaired) electrons. The number of methoxy groups -OCH3 is 1. The average Bonchev–Trinajstić information content (AvgIpc) is 2.15. The zero-order valence-electron chi connectivity index (χ0n) is 7.31. The van der Waals surface area contributed by atoms with E-state index in [2.05, 4.69) is 21.2 Å². The van der Waals surface area contributed by atoms with Crippen LogP contribution >= 0.6 is 27.5 Å². The van der Waals surface area contributed by atoms with Crippen molar-refractivity contribution in [3.8, 4) is 5.75 Å². The van der Waals surface area contributed by atoms with E-state index < -0.39 is 0 Å². The van der Waals surface area contributed by atoms with E-state index in [9.17, 15) is 0 Å². The fourth-order valence-corrected chi connectivity index (χ4v) is 1.46. The average molecular weight is 265 g/mol. The third kappa shape index (κ3) is 3.18. The lowest BCUT2D eigenvalue weighted by molar-refractivity contribution is 0.408. The van der Waals surface area contributed by atoms with Crippen molar-refractivity contribution < 1.29 is 4.74 Å². The van der Waals surface area contributed by atoms with Gasteiger partial charge < -0.3 is 10.1 Å². The standard InChI is InChI=1S/C9H11BrClNO/c1-13-9-3-2-8(11)4-7(9)5-12-6-10/h2-4,12H,5-6H2,1H3. The number of hydrogen-bond acceptors (Lipinski definition) is 2. The van der Waals surface area contributed by atoms with Crippen molar-refractivity contribution in [3.63, 3.8) is 0 Å². The van der Waals surface area contributed by atoms with Gasteiger partial charge in [-0.25, -0.2) is 0 Å². The van der Waals surface area contributed by atoms with Crippen LogP contribution in [0.5, 0.6) is 5.75 Å². The topological polar surface area (TPSA) is 21.3 Å². The molecule has 0 aliphatic heterocycles. The van der Waals surface area contributed by atoms with Crippen LogP contribution in [0.15, 0.2) is 18.2 Å². The van der Waals surface area contributed by atoms with Crippen molar-refractivity contribution in [2.75, 3.05) is 12.6 Å². The van der Waals surface area contributed by atoms with Crippen molar-refractivity contribution >= 4 is 27.5 Å². The molecule has 4 heteroatoms. The van der Waals surface area contributed by atoms with Crippen LogP contribution < -0.4 is 10.1 Å². The molecule has 0 spiro atoms. The second-order valence-corrected chi connectivity index (χ2v) is 3.51. The summed E-state index contributed by atoms with van der Waals surface area (Å²) in [6.07, 6.45) is 0. The summed E-state index contributed by atoms with van der Waals surface area (Å²) in [6.45, 7) is 0.745. The first kappa shape index (κ1) is 10.8. The largest absolute Gasteiger partial charge is 0.496 e. The smallest absolute Gasteiger partial charge is 0.123 e. The zero-order chi connectivity index (χ0) is 9.68. The van der Waals surface area contributed by atoms with Gasteiger partial charge in [0.15, 0.2) is 0 Å². The number of halogens is 2. The second-order valence-electron chi connectivity index (χ2n) is 2.52. The summed E-state index contributed by atoms with van der Waals surface area (Å²) in [7, 11) is 1.65. The molecule has 72 valence electrons. The summed E-state index contributed by atoms with van der Waals surface area (Å²) < 4.78 is 5.18. The van der Waals surface area contributed by atoms with E-state index in [1.54, 1.807) is 7.11 Å². The Kier molecular flexibility index (Phi) is 4.56. The Labute approximate surface area is 91.4 Å². The zero-order valence-corrected chi connectivity index (χ0v) is 9.65. The van der Waals surface area contributed by atoms with Gasteiger partial charge in [-0.05, 0) is 18.2 Å². The maximum Gasteiger partial charge on any atom is 0.123 e. The summed E-state index contributed by atoms with van der Waals surface area (Å²) in [6, 6.07) is 5.58. The summed E-state index contributed by atoms with van der Waals surface area (Å²) in [4.78, 5) is 0. The molecule has 0 amide bonds. The molecule has 0 fully saturated rings. The molecular formula is C9H11BrClNO. The minimum absolute atomic E-state index is 0.729. The molecule has 2 nitrogen and oxygen atoms in total. The number of hydrogen-bond donors (Lipinski definition) is 1. The Morgan fingerprint density at radius 3 is 2.92 bits per heavy atom. The molecule has 0 aliphatic rings. The van der Waals surface area contributed by atoms with E-state index >= 15 is 0 Å². The molecule has 0 unspecified atom stereocenters. The van der Waals surface area contributed by atoms with Crippen LogP contribution in [-0.4, -0.2) is 12.6 Å². The number of alkyl halides is 1. The van der Waals surface area contributed by atoms with Gasteiger partial charge in [0.25, 0.3) is 0 Å². The summed E-state index contributed by atoms with van der Waals surface area (Å²) in [5.74, 6) is 0.859. The lowest BCUT2D eigenvalue weighted by Crippen LogP contribution is -2.10. The van der Waals surface area contributed by atoms with Gasteiger partial charge in [0, 0.05) is 17.1 Å². The van der Waals surface area contributed by atoms with Gasteiger partial charge in [-0.2, -0.15) is 0 Å². The third-order valence-electron chi connectivity index (χ3n) is 1.65. The minimum atomic E-state index is 0.729. The van der Waals surface area contributed by atoms with Gasteiger partial charge in [0.1, 0.15) is 5.75 Å². The van der Waals surface area contributed by atoms with E-state index in [1.807, 2.05) is 18.2 Å². The Balaban J connectivity index is 2.81. The van der Waals surface area contributed by atoms with Crippen LogP contribution in [0.1, 0.15) is 5.56 Å². The van der Waals surface area contributed by atoms with E-state index in [0.29, 0.717) is 0 Å². The van der Waals surface area contributed by atoms with Gasteiger partial charge >= 0.3 is 0 Å². The quantitative estimate of drug-likeness (QED) is 0.667. The Bertz CT molecular complexity index is 280. The van der Waals surface area contributed by atoms with Crippen molar-refractivity contribution in [1.82, 2.24) is 5.32 Å². The fourth-order valence-electron chi connectivity index (χ4n) is 1.07. The van der Waals surface area contributed by atoms with Crippen molar-refractivity contribution in [1.29, 1.82) is 0 Å². The van der Waals surface area contributed by atoms with Gasteiger partial charge in [0.05, 0.1) is 12.6 Å². The first-order valence-electron chi connectivity index (χ1n) is 3.87. The summed E-state index contributed by atoms with van der Waals surface area (Å²) in [5.41, 5.74) is 1.82. The molecule has 0 saturated carbocycles. The van der Waals surface area contributed by atoms with Crippen molar-refractivity contribution in [2.45, 2.75) is 6.54 Å². The van der Waals surface area contributed by atoms with Gasteiger partial charge in [-0.1, -0.05) is 27.5 Å². The number of rotatable bonds is 4. The third-order valence-corrected chi connectivity index (χ3v) is 2.28. The number of nitrogens with one attached hydrogen (secondary N) is 1. The lowest BCUT2D eigenvalue weighted by Gasteiger charge is -2.08. The molecule has 1 aromatic rings. The molecule has 1 rings (SSSR count). The van der Waals surface area contributed by atoms with E-state index in [4.69, 9.17) is 16.3 Å². The Morgan fingerprint density at radius 1 is 1.54 bits per heavy atom. The van der Waals surface area contributed by atoms with E-state index in [1.165, 1.54) is 0 Å². The predicted octanol–water partition coefficient (Wildman–Crippen LogP) is 2.79. The monoisotopic (exact) mass is 263 g/mol. The van der Waals surface area contributed by atoms with Gasteiger partial charge in [-0.3, -0.25) is 0 Å². The van der Waals surface area contributed by atoms with Crippen LogP contribution in [0.4, 0.5) is 0 Å². The van der Waals surface area contributed by atoms with Crippen LogP contribution in [0.2, 0.25) is 5.02 Å². The summed E-state index contributed by atoms with van der Waals surface area (Å²) >= 11 is 9.14. The number of benzene rings is 1. The molecule has 1 aromatic carbocycles. The summed E-state index contributed by atoms with van der Waals surface area (Å²) in [5, 5.41) is 3.87.